The van der Waals surface area contributed by atoms with E-state index in [0.29, 0.717) is 6.42 Å². The van der Waals surface area contributed by atoms with Crippen molar-refractivity contribution in [3.63, 3.8) is 0 Å². The minimum absolute atomic E-state index is 0.153. The monoisotopic (exact) mass is 332 g/mol. The Morgan fingerprint density at radius 3 is 2.60 bits per heavy atom. The van der Waals surface area contributed by atoms with Gasteiger partial charge < -0.3 is 4.74 Å². The second-order valence-corrected chi connectivity index (χ2v) is 5.86. The molecule has 3 aromatic carbocycles. The predicted molar refractivity (Wildman–Crippen MR) is 101 cm³/mol. The first-order chi connectivity index (χ1) is 12.2. The highest BCUT2D eigenvalue weighted by atomic mass is 16.5. The van der Waals surface area contributed by atoms with Crippen LogP contribution in [0.4, 0.5) is 0 Å². The molecule has 0 bridgehead atoms. The van der Waals surface area contributed by atoms with Gasteiger partial charge in [-0.2, -0.15) is 5.10 Å². The van der Waals surface area contributed by atoms with Crippen molar-refractivity contribution in [2.45, 2.75) is 13.3 Å². The van der Waals surface area contributed by atoms with E-state index in [9.17, 15) is 4.79 Å². The van der Waals surface area contributed by atoms with Gasteiger partial charge in [-0.1, -0.05) is 60.2 Å². The Morgan fingerprint density at radius 1 is 1.08 bits per heavy atom. The standard InChI is InChI=1S/C21H20N2O2/c1-15-7-9-16(10-8-15)13-21(24)23-22-14-19-18-6-4-3-5-17(18)11-12-20(19)25-2/h3-12,14H,13H2,1-2H3,(H,23,24). The van der Waals surface area contributed by atoms with Gasteiger partial charge in [0.15, 0.2) is 0 Å². The van der Waals surface area contributed by atoms with E-state index in [-0.39, 0.29) is 5.91 Å². The van der Waals surface area contributed by atoms with Gasteiger partial charge in [0.05, 0.1) is 19.7 Å². The summed E-state index contributed by atoms with van der Waals surface area (Å²) in [6.45, 7) is 2.02. The van der Waals surface area contributed by atoms with Crippen molar-refractivity contribution in [1.29, 1.82) is 0 Å². The normalized spacial score (nSPS) is 11.0. The Morgan fingerprint density at radius 2 is 1.84 bits per heavy atom. The molecule has 3 rings (SSSR count). The smallest absolute Gasteiger partial charge is 0.244 e. The van der Waals surface area contributed by atoms with E-state index in [4.69, 9.17) is 4.74 Å². The average molecular weight is 332 g/mol. The van der Waals surface area contributed by atoms with Crippen LogP contribution in [-0.4, -0.2) is 19.2 Å². The lowest BCUT2D eigenvalue weighted by Gasteiger charge is -2.08. The van der Waals surface area contributed by atoms with Gasteiger partial charge in [0.1, 0.15) is 5.75 Å². The van der Waals surface area contributed by atoms with E-state index in [1.165, 1.54) is 5.56 Å². The van der Waals surface area contributed by atoms with E-state index in [2.05, 4.69) is 10.5 Å². The number of methoxy groups -OCH3 is 1. The highest BCUT2D eigenvalue weighted by Crippen LogP contribution is 2.26. The zero-order chi connectivity index (χ0) is 17.6. The van der Waals surface area contributed by atoms with Crippen LogP contribution in [0, 0.1) is 6.92 Å². The first kappa shape index (κ1) is 16.7. The number of ether oxygens (including phenoxy) is 1. The van der Waals surface area contributed by atoms with E-state index in [1.54, 1.807) is 13.3 Å². The summed E-state index contributed by atoms with van der Waals surface area (Å²) in [5.41, 5.74) is 5.56. The molecule has 0 aliphatic rings. The fraction of sp³-hybridized carbons (Fsp3) is 0.143. The molecule has 4 heteroatoms. The summed E-state index contributed by atoms with van der Waals surface area (Å²) < 4.78 is 5.41. The summed E-state index contributed by atoms with van der Waals surface area (Å²) in [5.74, 6) is 0.564. The molecule has 0 aliphatic carbocycles. The third kappa shape index (κ3) is 4.04. The van der Waals surface area contributed by atoms with Gasteiger partial charge in [0, 0.05) is 5.56 Å². The van der Waals surface area contributed by atoms with E-state index in [0.717, 1.165) is 27.6 Å². The van der Waals surface area contributed by atoms with Crippen LogP contribution in [0.1, 0.15) is 16.7 Å². The quantitative estimate of drug-likeness (QED) is 0.570. The van der Waals surface area contributed by atoms with Crippen LogP contribution in [0.15, 0.2) is 65.8 Å². The molecular weight excluding hydrogens is 312 g/mol. The van der Waals surface area contributed by atoms with Crippen molar-refractivity contribution in [3.8, 4) is 5.75 Å². The summed E-state index contributed by atoms with van der Waals surface area (Å²) in [6, 6.07) is 19.8. The van der Waals surface area contributed by atoms with Crippen LogP contribution in [-0.2, 0) is 11.2 Å². The summed E-state index contributed by atoms with van der Waals surface area (Å²) in [7, 11) is 1.62. The van der Waals surface area contributed by atoms with Crippen LogP contribution in [0.2, 0.25) is 0 Å². The van der Waals surface area contributed by atoms with Gasteiger partial charge >= 0.3 is 0 Å². The molecule has 126 valence electrons. The lowest BCUT2D eigenvalue weighted by atomic mass is 10.0. The molecule has 0 radical (unpaired) electrons. The number of aryl methyl sites for hydroxylation is 1. The number of hydrogen-bond donors (Lipinski definition) is 1. The SMILES string of the molecule is COc1ccc2ccccc2c1C=NNC(=O)Cc1ccc(C)cc1. The van der Waals surface area contributed by atoms with Crippen molar-refractivity contribution < 1.29 is 9.53 Å². The minimum atomic E-state index is -0.153. The largest absolute Gasteiger partial charge is 0.496 e. The molecule has 25 heavy (non-hydrogen) atoms. The molecule has 3 aromatic rings. The first-order valence-electron chi connectivity index (χ1n) is 8.10. The van der Waals surface area contributed by atoms with E-state index < -0.39 is 0 Å². The summed E-state index contributed by atoms with van der Waals surface area (Å²) in [6.07, 6.45) is 1.93. The average Bonchev–Trinajstić information content (AvgIpc) is 2.63. The number of rotatable bonds is 5. The Hall–Kier alpha value is -3.14. The minimum Gasteiger partial charge on any atom is -0.496 e. The molecule has 0 aliphatic heterocycles. The van der Waals surface area contributed by atoms with Gasteiger partial charge in [0.2, 0.25) is 5.91 Å². The number of amides is 1. The predicted octanol–water partition coefficient (Wildman–Crippen LogP) is 3.85. The van der Waals surface area contributed by atoms with Crippen LogP contribution in [0.5, 0.6) is 5.75 Å². The van der Waals surface area contributed by atoms with Crippen molar-refractivity contribution in [1.82, 2.24) is 5.43 Å². The number of carbonyl (C=O) groups is 1. The number of hydrogen-bond acceptors (Lipinski definition) is 3. The molecule has 1 amide bonds. The third-order valence-corrected chi connectivity index (χ3v) is 4.02. The van der Waals surface area contributed by atoms with Gasteiger partial charge in [-0.05, 0) is 29.3 Å². The molecule has 0 saturated heterocycles. The Bertz CT molecular complexity index is 915. The molecule has 0 saturated carbocycles. The molecular formula is C21H20N2O2. The van der Waals surface area contributed by atoms with Gasteiger partial charge in [-0.15, -0.1) is 0 Å². The second kappa shape index (κ2) is 7.62. The maximum atomic E-state index is 12.0. The number of carbonyl (C=O) groups excluding carboxylic acids is 1. The Balaban J connectivity index is 1.74. The van der Waals surface area contributed by atoms with Gasteiger partial charge in [-0.25, -0.2) is 5.43 Å². The summed E-state index contributed by atoms with van der Waals surface area (Å²) in [5, 5.41) is 6.23. The molecule has 4 nitrogen and oxygen atoms in total. The second-order valence-electron chi connectivity index (χ2n) is 5.86. The number of hydrazone groups is 1. The van der Waals surface area contributed by atoms with Crippen LogP contribution >= 0.6 is 0 Å². The maximum Gasteiger partial charge on any atom is 0.244 e. The molecule has 0 fully saturated rings. The number of nitrogens with one attached hydrogen (secondary N) is 1. The van der Waals surface area contributed by atoms with Crippen molar-refractivity contribution >= 4 is 22.9 Å². The van der Waals surface area contributed by atoms with Crippen molar-refractivity contribution in [2.75, 3.05) is 7.11 Å². The zero-order valence-corrected chi connectivity index (χ0v) is 14.3. The lowest BCUT2D eigenvalue weighted by Crippen LogP contribution is -2.19. The van der Waals surface area contributed by atoms with Gasteiger partial charge in [-0.3, -0.25) is 4.79 Å². The van der Waals surface area contributed by atoms with Crippen LogP contribution in [0.3, 0.4) is 0 Å². The van der Waals surface area contributed by atoms with Crippen molar-refractivity contribution in [2.24, 2.45) is 5.10 Å². The van der Waals surface area contributed by atoms with E-state index >= 15 is 0 Å². The third-order valence-electron chi connectivity index (χ3n) is 4.02. The fourth-order valence-electron chi connectivity index (χ4n) is 2.69. The fourth-order valence-corrected chi connectivity index (χ4v) is 2.69. The molecule has 0 spiro atoms. The first-order valence-corrected chi connectivity index (χ1v) is 8.10. The molecule has 0 heterocycles. The zero-order valence-electron chi connectivity index (χ0n) is 14.3. The van der Waals surface area contributed by atoms with Crippen LogP contribution < -0.4 is 10.2 Å². The van der Waals surface area contributed by atoms with E-state index in [1.807, 2.05) is 67.6 Å². The molecule has 0 aromatic heterocycles. The summed E-state index contributed by atoms with van der Waals surface area (Å²) in [4.78, 5) is 12.0. The van der Waals surface area contributed by atoms with Gasteiger partial charge in [0.25, 0.3) is 0 Å². The Labute approximate surface area is 147 Å². The van der Waals surface area contributed by atoms with Crippen molar-refractivity contribution in [3.05, 3.63) is 77.4 Å². The summed E-state index contributed by atoms with van der Waals surface area (Å²) >= 11 is 0. The Kier molecular flexibility index (Phi) is 5.09. The molecule has 1 N–H and O–H groups in total. The number of fused-ring (bicyclic) bond motifs is 1. The molecule has 0 unspecified atom stereocenters. The number of nitrogens with zero attached hydrogens (tertiary/aromatic N) is 1. The number of benzene rings is 3. The highest BCUT2D eigenvalue weighted by Gasteiger charge is 2.06. The molecule has 0 atom stereocenters. The lowest BCUT2D eigenvalue weighted by molar-refractivity contribution is -0.120. The maximum absolute atomic E-state index is 12.0. The van der Waals surface area contributed by atoms with Crippen LogP contribution in [0.25, 0.3) is 10.8 Å². The highest BCUT2D eigenvalue weighted by molar-refractivity contribution is 6.02. The topological polar surface area (TPSA) is 50.7 Å².